The summed E-state index contributed by atoms with van der Waals surface area (Å²) in [5.74, 6) is -1.06. The van der Waals surface area contributed by atoms with Gasteiger partial charge in [-0.3, -0.25) is 10.1 Å². The molecule has 0 aromatic heterocycles. The van der Waals surface area contributed by atoms with Gasteiger partial charge < -0.3 is 29.6 Å². The van der Waals surface area contributed by atoms with E-state index in [1.54, 1.807) is 31.2 Å². The summed E-state index contributed by atoms with van der Waals surface area (Å²) in [4.78, 5) is 48.3. The van der Waals surface area contributed by atoms with Crippen LogP contribution in [0.5, 0.6) is 11.5 Å². The summed E-state index contributed by atoms with van der Waals surface area (Å²) in [6, 6.07) is 8.77. The van der Waals surface area contributed by atoms with Gasteiger partial charge in [-0.2, -0.15) is 0 Å². The van der Waals surface area contributed by atoms with E-state index in [2.05, 4.69) is 10.6 Å². The summed E-state index contributed by atoms with van der Waals surface area (Å²) in [6.07, 6.45) is 0. The van der Waals surface area contributed by atoms with Gasteiger partial charge in [0.2, 0.25) is 0 Å². The molecule has 0 radical (unpaired) electrons. The second-order valence-corrected chi connectivity index (χ2v) is 7.14. The molecule has 1 atom stereocenters. The van der Waals surface area contributed by atoms with Gasteiger partial charge in [0.05, 0.1) is 48.6 Å². The molecule has 12 heteroatoms. The minimum atomic E-state index is -0.903. The van der Waals surface area contributed by atoms with Crippen molar-refractivity contribution in [2.24, 2.45) is 0 Å². The number of benzene rings is 2. The van der Waals surface area contributed by atoms with Crippen LogP contribution in [0.25, 0.3) is 0 Å². The summed E-state index contributed by atoms with van der Waals surface area (Å²) in [5, 5.41) is 16.4. The number of esters is 2. The Morgan fingerprint density at radius 1 is 1.03 bits per heavy atom. The van der Waals surface area contributed by atoms with Gasteiger partial charge in [0.15, 0.2) is 5.75 Å². The maximum Gasteiger partial charge on any atom is 0.338 e. The zero-order valence-corrected chi connectivity index (χ0v) is 19.2. The van der Waals surface area contributed by atoms with Crippen LogP contribution in [-0.4, -0.2) is 50.3 Å². The maximum atomic E-state index is 12.8. The molecule has 35 heavy (non-hydrogen) atoms. The first-order valence-electron chi connectivity index (χ1n) is 10.4. The molecule has 0 aliphatic carbocycles. The first kappa shape index (κ1) is 25.0. The van der Waals surface area contributed by atoms with Crippen LogP contribution in [0, 0.1) is 10.1 Å². The number of hydrogen-bond donors (Lipinski definition) is 2. The lowest BCUT2D eigenvalue weighted by atomic mass is 9.95. The van der Waals surface area contributed by atoms with E-state index in [4.69, 9.17) is 18.9 Å². The number of urea groups is 1. The zero-order chi connectivity index (χ0) is 25.5. The van der Waals surface area contributed by atoms with E-state index in [1.165, 1.54) is 26.4 Å². The lowest BCUT2D eigenvalue weighted by Gasteiger charge is -2.29. The molecule has 2 N–H and O–H groups in total. The summed E-state index contributed by atoms with van der Waals surface area (Å²) in [7, 11) is 2.78. The fourth-order valence-electron chi connectivity index (χ4n) is 3.41. The first-order valence-corrected chi connectivity index (χ1v) is 10.4. The molecule has 1 aliphatic heterocycles. The number of nitrogens with one attached hydrogen (secondary N) is 2. The molecule has 184 valence electrons. The van der Waals surface area contributed by atoms with E-state index in [0.717, 1.165) is 6.07 Å². The van der Waals surface area contributed by atoms with Crippen molar-refractivity contribution in [1.29, 1.82) is 0 Å². The van der Waals surface area contributed by atoms with Crippen molar-refractivity contribution in [2.45, 2.75) is 13.0 Å². The van der Waals surface area contributed by atoms with Gasteiger partial charge in [0, 0.05) is 6.07 Å². The Labute approximate surface area is 199 Å². The van der Waals surface area contributed by atoms with E-state index in [-0.39, 0.29) is 29.2 Å². The van der Waals surface area contributed by atoms with Gasteiger partial charge in [-0.15, -0.1) is 0 Å². The Hall–Kier alpha value is -4.61. The van der Waals surface area contributed by atoms with Crippen LogP contribution in [0.2, 0.25) is 0 Å². The molecule has 0 saturated heterocycles. The highest BCUT2D eigenvalue weighted by Gasteiger charge is 2.34. The third-order valence-electron chi connectivity index (χ3n) is 5.06. The molecule has 0 bridgehead atoms. The summed E-state index contributed by atoms with van der Waals surface area (Å²) in [5.41, 5.74) is 0.110. The number of nitro benzene ring substituents is 1. The standard InChI is InChI=1S/C23H23N3O9/c1-4-34-22(28)19-16(24-23(29)25-20(19)13-5-8-15(32-2)9-6-13)12-35-21(27)14-7-10-18(33-3)17(11-14)26(30)31/h5-11,20H,4,12H2,1-3H3,(H2,24,25,29). The lowest BCUT2D eigenvalue weighted by molar-refractivity contribution is -0.385. The highest BCUT2D eigenvalue weighted by atomic mass is 16.6. The van der Waals surface area contributed by atoms with Crippen LogP contribution in [0.15, 0.2) is 53.7 Å². The van der Waals surface area contributed by atoms with Gasteiger partial charge in [0.1, 0.15) is 12.4 Å². The second kappa shape index (κ2) is 11.0. The number of amides is 2. The third kappa shape index (κ3) is 5.66. The number of rotatable bonds is 9. The number of nitrogens with zero attached hydrogens (tertiary/aromatic N) is 1. The largest absolute Gasteiger partial charge is 0.497 e. The van der Waals surface area contributed by atoms with Crippen molar-refractivity contribution < 1.29 is 38.3 Å². The van der Waals surface area contributed by atoms with Gasteiger partial charge >= 0.3 is 23.7 Å². The molecule has 1 aliphatic rings. The Bertz CT molecular complexity index is 1180. The minimum absolute atomic E-state index is 0.0179. The number of carbonyl (C=O) groups is 3. The molecule has 3 rings (SSSR count). The molecule has 2 amide bonds. The normalized spacial score (nSPS) is 14.9. The number of carbonyl (C=O) groups excluding carboxylic acids is 3. The van der Waals surface area contributed by atoms with Crippen molar-refractivity contribution >= 4 is 23.7 Å². The van der Waals surface area contributed by atoms with E-state index in [1.807, 2.05) is 0 Å². The summed E-state index contributed by atoms with van der Waals surface area (Å²) < 4.78 is 20.5. The predicted molar refractivity (Wildman–Crippen MR) is 121 cm³/mol. The molecule has 0 saturated carbocycles. The fraction of sp³-hybridized carbons (Fsp3) is 0.261. The molecule has 1 heterocycles. The van der Waals surface area contributed by atoms with Crippen LogP contribution in [0.3, 0.4) is 0 Å². The average molecular weight is 485 g/mol. The maximum absolute atomic E-state index is 12.8. The smallest absolute Gasteiger partial charge is 0.338 e. The van der Waals surface area contributed by atoms with Crippen LogP contribution < -0.4 is 20.1 Å². The molecule has 2 aromatic rings. The quantitative estimate of drug-likeness (QED) is 0.310. The Kier molecular flexibility index (Phi) is 7.87. The van der Waals surface area contributed by atoms with E-state index in [0.29, 0.717) is 11.3 Å². The Morgan fingerprint density at radius 3 is 2.34 bits per heavy atom. The molecule has 2 aromatic carbocycles. The monoisotopic (exact) mass is 485 g/mol. The van der Waals surface area contributed by atoms with Gasteiger partial charge in [-0.25, -0.2) is 14.4 Å². The van der Waals surface area contributed by atoms with Gasteiger partial charge in [0.25, 0.3) is 0 Å². The molecular formula is C23H23N3O9. The number of hydrogen-bond acceptors (Lipinski definition) is 9. The predicted octanol–water partition coefficient (Wildman–Crippen LogP) is 2.64. The second-order valence-electron chi connectivity index (χ2n) is 7.14. The van der Waals surface area contributed by atoms with E-state index in [9.17, 15) is 24.5 Å². The topological polar surface area (TPSA) is 155 Å². The number of methoxy groups -OCH3 is 2. The highest BCUT2D eigenvalue weighted by molar-refractivity contribution is 5.95. The highest BCUT2D eigenvalue weighted by Crippen LogP contribution is 2.30. The number of ether oxygens (including phenoxy) is 4. The SMILES string of the molecule is CCOC(=O)C1=C(COC(=O)c2ccc(OC)c([N+](=O)[O-])c2)NC(=O)NC1c1ccc(OC)cc1. The van der Waals surface area contributed by atoms with E-state index >= 15 is 0 Å². The van der Waals surface area contributed by atoms with Crippen LogP contribution in [-0.2, 0) is 14.3 Å². The summed E-state index contributed by atoms with van der Waals surface area (Å²) in [6.45, 7) is 1.22. The third-order valence-corrected chi connectivity index (χ3v) is 5.06. The van der Waals surface area contributed by atoms with Gasteiger partial charge in [-0.05, 0) is 36.8 Å². The van der Waals surface area contributed by atoms with Crippen molar-refractivity contribution in [3.05, 3.63) is 75.0 Å². The first-order chi connectivity index (χ1) is 16.8. The molecule has 0 spiro atoms. The van der Waals surface area contributed by atoms with E-state index < -0.39 is 41.2 Å². The van der Waals surface area contributed by atoms with Gasteiger partial charge in [-0.1, -0.05) is 12.1 Å². The summed E-state index contributed by atoms with van der Waals surface area (Å²) >= 11 is 0. The lowest BCUT2D eigenvalue weighted by Crippen LogP contribution is -2.47. The molecular weight excluding hydrogens is 462 g/mol. The van der Waals surface area contributed by atoms with Crippen molar-refractivity contribution in [3.63, 3.8) is 0 Å². The molecule has 1 unspecified atom stereocenters. The number of nitro groups is 1. The van der Waals surface area contributed by atoms with Crippen LogP contribution >= 0.6 is 0 Å². The molecule has 0 fully saturated rings. The Morgan fingerprint density at radius 2 is 1.74 bits per heavy atom. The minimum Gasteiger partial charge on any atom is -0.497 e. The molecule has 12 nitrogen and oxygen atoms in total. The van der Waals surface area contributed by atoms with Crippen LogP contribution in [0.1, 0.15) is 28.9 Å². The average Bonchev–Trinajstić information content (AvgIpc) is 2.86. The zero-order valence-electron chi connectivity index (χ0n) is 19.2. The van der Waals surface area contributed by atoms with Crippen molar-refractivity contribution in [3.8, 4) is 11.5 Å². The fourth-order valence-corrected chi connectivity index (χ4v) is 3.41. The Balaban J connectivity index is 1.92. The van der Waals surface area contributed by atoms with Crippen molar-refractivity contribution in [1.82, 2.24) is 10.6 Å². The van der Waals surface area contributed by atoms with Crippen LogP contribution in [0.4, 0.5) is 10.5 Å². The van der Waals surface area contributed by atoms with Crippen molar-refractivity contribution in [2.75, 3.05) is 27.4 Å².